The molecule has 0 aliphatic heterocycles. The van der Waals surface area contributed by atoms with Crippen LogP contribution >= 0.6 is 0 Å². The monoisotopic (exact) mass is 338 g/mol. The van der Waals surface area contributed by atoms with Crippen LogP contribution in [0.2, 0.25) is 0 Å². The summed E-state index contributed by atoms with van der Waals surface area (Å²) in [6.07, 6.45) is 0. The van der Waals surface area contributed by atoms with Crippen LogP contribution in [0.25, 0.3) is 0 Å². The molecule has 0 atom stereocenters. The van der Waals surface area contributed by atoms with E-state index in [-0.39, 0.29) is 17.1 Å². The Bertz CT molecular complexity index is 128. The molecule has 0 saturated carbocycles. The normalized spacial score (nSPS) is 5.56. The Hall–Kier alpha value is 1.12. The second-order valence-corrected chi connectivity index (χ2v) is 2.65. The summed E-state index contributed by atoms with van der Waals surface area (Å²) in [5, 5.41) is 0. The molecule has 0 aromatic rings. The van der Waals surface area contributed by atoms with Crippen LogP contribution in [-0.2, 0) is 67.6 Å². The first-order valence-electron chi connectivity index (χ1n) is 1.10. The summed E-state index contributed by atoms with van der Waals surface area (Å²) in [7, 11) is 0. The van der Waals surface area contributed by atoms with Crippen molar-refractivity contribution >= 4 is 0 Å². The van der Waals surface area contributed by atoms with Crippen molar-refractivity contribution in [3.05, 3.63) is 0 Å². The number of hydrogen-bond acceptors (Lipinski definition) is 6. The van der Waals surface area contributed by atoms with Gasteiger partial charge in [0.2, 0.25) is 0 Å². The summed E-state index contributed by atoms with van der Waals surface area (Å²) in [5.41, 5.74) is 0. The summed E-state index contributed by atoms with van der Waals surface area (Å²) in [6, 6.07) is 0. The molecule has 6 nitrogen and oxygen atoms in total. The third-order valence-electron chi connectivity index (χ3n) is 0. The Morgan fingerprint density at radius 3 is 0.778 bits per heavy atom. The van der Waals surface area contributed by atoms with Crippen LogP contribution in [-0.4, -0.2) is 0 Å². The average Bonchev–Trinajstić information content (AvgIpc) is 1.25. The zero-order chi connectivity index (χ0) is 7.15. The molecule has 0 unspecified atom stereocenters. The molecular weight excluding hydrogens is 338 g/mol. The van der Waals surface area contributed by atoms with Crippen molar-refractivity contribution in [3.63, 3.8) is 0 Å². The fraction of sp³-hybridized carbons (Fsp3) is 0. The quantitative estimate of drug-likeness (QED) is 0.439. The summed E-state index contributed by atoms with van der Waals surface area (Å²) in [4.78, 5) is 0. The predicted octanol–water partition coefficient (Wildman–Crippen LogP) is -2.86. The van der Waals surface area contributed by atoms with Gasteiger partial charge in [-0.15, -0.1) is 0 Å². The fourth-order valence-corrected chi connectivity index (χ4v) is 0. The Morgan fingerprint density at radius 2 is 0.778 bits per heavy atom. The van der Waals surface area contributed by atoms with Crippen molar-refractivity contribution in [2.75, 3.05) is 0 Å². The van der Waals surface area contributed by atoms with E-state index in [0.29, 0.717) is 0 Å². The minimum absolute atomic E-state index is 0. The second kappa shape index (κ2) is 11.9. The summed E-state index contributed by atoms with van der Waals surface area (Å²) >= 11 is -8.40. The van der Waals surface area contributed by atoms with Gasteiger partial charge < -0.3 is 0 Å². The molecule has 0 spiro atoms. The van der Waals surface area contributed by atoms with Crippen LogP contribution in [0.15, 0.2) is 0 Å². The predicted molar refractivity (Wildman–Crippen MR) is 2.75 cm³/mol. The van der Waals surface area contributed by atoms with Crippen molar-refractivity contribution in [1.29, 1.82) is 0 Å². The van der Waals surface area contributed by atoms with Crippen LogP contribution in [0, 0.1) is 0 Å². The first-order valence-corrected chi connectivity index (χ1v) is 6.48. The molecule has 0 N–H and O–H groups in total. The van der Waals surface area contributed by atoms with Crippen molar-refractivity contribution in [2.24, 2.45) is 0 Å². The van der Waals surface area contributed by atoms with Gasteiger partial charge in [-0.25, -0.2) is 0 Å². The van der Waals surface area contributed by atoms with E-state index in [1.807, 2.05) is 0 Å². The summed E-state index contributed by atoms with van der Waals surface area (Å²) in [6.45, 7) is 0. The maximum atomic E-state index is 8.60. The van der Waals surface area contributed by atoms with Gasteiger partial charge >= 0.3 is 74.9 Å². The Morgan fingerprint density at radius 1 is 0.778 bits per heavy atom. The standard InChI is InChI=1S/Fe.2Nb.6O/q+2;;;;;;;2*-1. The van der Waals surface area contributed by atoms with Crippen LogP contribution in [0.4, 0.5) is 0 Å². The third kappa shape index (κ3) is 369. The van der Waals surface area contributed by atoms with Gasteiger partial charge in [0.1, 0.15) is 0 Å². The number of hydrogen-bond donors (Lipinski definition) is 0. The molecule has 0 rings (SSSR count). The van der Waals surface area contributed by atoms with E-state index in [9.17, 15) is 0 Å². The molecule has 0 aliphatic carbocycles. The molecule has 0 radical (unpaired) electrons. The number of rotatable bonds is 0. The SMILES string of the molecule is [Fe+2].[O]=[Nb](=[O])[O-].[O]=[Nb](=[O])[O-]. The van der Waals surface area contributed by atoms with Gasteiger partial charge in [0, 0.05) is 0 Å². The van der Waals surface area contributed by atoms with Gasteiger partial charge in [-0.1, -0.05) is 0 Å². The zero-order valence-corrected chi connectivity index (χ0v) is 9.20. The first-order chi connectivity index (χ1) is 3.46. The zero-order valence-electron chi connectivity index (χ0n) is 3.70. The Balaban J connectivity index is -0.0000000720. The molecular formula is FeNb2O6. The molecule has 9 heavy (non-hydrogen) atoms. The van der Waals surface area contributed by atoms with E-state index in [2.05, 4.69) is 0 Å². The van der Waals surface area contributed by atoms with Gasteiger partial charge in [0.15, 0.2) is 0 Å². The third-order valence-corrected chi connectivity index (χ3v) is 0. The van der Waals surface area contributed by atoms with Crippen LogP contribution < -0.4 is 7.23 Å². The molecule has 0 saturated heterocycles. The molecule has 0 amide bonds. The Kier molecular flexibility index (Phi) is 21.9. The molecule has 0 aromatic carbocycles. The topological polar surface area (TPSA) is 114 Å². The van der Waals surface area contributed by atoms with E-state index in [1.54, 1.807) is 0 Å². The van der Waals surface area contributed by atoms with Crippen LogP contribution in [0.3, 0.4) is 0 Å². The molecule has 0 heterocycles. The van der Waals surface area contributed by atoms with Crippen molar-refractivity contribution in [2.45, 2.75) is 0 Å². The summed E-state index contributed by atoms with van der Waals surface area (Å²) < 4.78 is 51.6. The van der Waals surface area contributed by atoms with Crippen molar-refractivity contribution in [3.8, 4) is 0 Å². The molecule has 0 fully saturated rings. The molecule has 0 bridgehead atoms. The van der Waals surface area contributed by atoms with Gasteiger partial charge in [-0.05, 0) is 0 Å². The average molecular weight is 338 g/mol. The molecule has 54 valence electrons. The van der Waals surface area contributed by atoms with E-state index in [1.165, 1.54) is 0 Å². The van der Waals surface area contributed by atoms with E-state index >= 15 is 0 Å². The van der Waals surface area contributed by atoms with Gasteiger partial charge in [0.05, 0.1) is 0 Å². The van der Waals surface area contributed by atoms with E-state index in [0.717, 1.165) is 0 Å². The van der Waals surface area contributed by atoms with Crippen LogP contribution in [0.5, 0.6) is 0 Å². The fourth-order valence-electron chi connectivity index (χ4n) is 0. The van der Waals surface area contributed by atoms with E-state index < -0.39 is 37.6 Å². The maximum absolute atomic E-state index is 8.60. The summed E-state index contributed by atoms with van der Waals surface area (Å²) in [5.74, 6) is 0. The van der Waals surface area contributed by atoms with Gasteiger partial charge in [-0.2, -0.15) is 0 Å². The molecule has 0 aliphatic rings. The van der Waals surface area contributed by atoms with Crippen LogP contribution in [0.1, 0.15) is 0 Å². The van der Waals surface area contributed by atoms with Gasteiger partial charge in [0.25, 0.3) is 0 Å². The van der Waals surface area contributed by atoms with Crippen molar-refractivity contribution in [1.82, 2.24) is 0 Å². The first kappa shape index (κ1) is 16.6. The minimum atomic E-state index is -4.20. The second-order valence-electron chi connectivity index (χ2n) is 0.447. The molecule has 0 aromatic heterocycles. The van der Waals surface area contributed by atoms with Crippen molar-refractivity contribution < 1.29 is 74.9 Å². The molecule has 9 heteroatoms. The van der Waals surface area contributed by atoms with E-state index in [4.69, 9.17) is 20.2 Å². The van der Waals surface area contributed by atoms with Gasteiger partial charge in [-0.3, -0.25) is 0 Å². The Labute approximate surface area is 74.3 Å².